The molecule has 0 amide bonds. The van der Waals surface area contributed by atoms with Crippen LogP contribution >= 0.6 is 11.3 Å². The molecule has 1 heterocycles. The van der Waals surface area contributed by atoms with Crippen LogP contribution in [0.2, 0.25) is 0 Å². The van der Waals surface area contributed by atoms with Crippen LogP contribution in [0, 0.1) is 0 Å². The van der Waals surface area contributed by atoms with Crippen molar-refractivity contribution in [3.63, 3.8) is 0 Å². The molecule has 0 fully saturated rings. The van der Waals surface area contributed by atoms with Gasteiger partial charge < -0.3 is 5.32 Å². The Morgan fingerprint density at radius 3 is 2.50 bits per heavy atom. The van der Waals surface area contributed by atoms with Gasteiger partial charge in [-0.05, 0) is 26.0 Å². The molecule has 0 radical (unpaired) electrons. The van der Waals surface area contributed by atoms with Crippen LogP contribution in [0.5, 0.6) is 0 Å². The third-order valence-electron chi connectivity index (χ3n) is 3.11. The van der Waals surface area contributed by atoms with Gasteiger partial charge in [-0.2, -0.15) is 4.31 Å². The van der Waals surface area contributed by atoms with Crippen molar-refractivity contribution in [2.24, 2.45) is 0 Å². The molecule has 0 saturated heterocycles. The van der Waals surface area contributed by atoms with Gasteiger partial charge in [0.2, 0.25) is 10.0 Å². The highest BCUT2D eigenvalue weighted by atomic mass is 32.2. The number of hydrogen-bond acceptors (Lipinski definition) is 4. The van der Waals surface area contributed by atoms with E-state index in [1.807, 2.05) is 20.9 Å². The fourth-order valence-electron chi connectivity index (χ4n) is 1.93. The average molecular weight is 290 g/mol. The highest BCUT2D eigenvalue weighted by molar-refractivity contribution is 7.89. The fourth-order valence-corrected chi connectivity index (χ4v) is 4.71. The van der Waals surface area contributed by atoms with Crippen LogP contribution in [0.25, 0.3) is 0 Å². The molecule has 18 heavy (non-hydrogen) atoms. The molecule has 0 atom stereocenters. The van der Waals surface area contributed by atoms with Gasteiger partial charge in [0.25, 0.3) is 0 Å². The molecule has 0 aromatic carbocycles. The van der Waals surface area contributed by atoms with E-state index in [1.54, 1.807) is 18.5 Å². The summed E-state index contributed by atoms with van der Waals surface area (Å²) in [6.45, 7) is 4.73. The predicted octanol–water partition coefficient (Wildman–Crippen LogP) is 2.28. The van der Waals surface area contributed by atoms with Gasteiger partial charge in [-0.15, -0.1) is 11.3 Å². The first-order chi connectivity index (χ1) is 8.47. The number of rotatable bonds is 7. The largest absolute Gasteiger partial charge is 0.315 e. The normalized spacial score (nSPS) is 12.6. The first kappa shape index (κ1) is 15.6. The SMILES string of the molecule is CCC(CC)N(C)S(=O)(=O)c1csc(CNC)c1. The minimum Gasteiger partial charge on any atom is -0.315 e. The van der Waals surface area contributed by atoms with E-state index in [2.05, 4.69) is 5.32 Å². The molecular weight excluding hydrogens is 268 g/mol. The highest BCUT2D eigenvalue weighted by Crippen LogP contribution is 2.24. The zero-order valence-corrected chi connectivity index (χ0v) is 13.1. The second-order valence-electron chi connectivity index (χ2n) is 4.27. The van der Waals surface area contributed by atoms with Crippen molar-refractivity contribution >= 4 is 21.4 Å². The van der Waals surface area contributed by atoms with Crippen LogP contribution in [0.4, 0.5) is 0 Å². The molecule has 1 aromatic heterocycles. The summed E-state index contributed by atoms with van der Waals surface area (Å²) in [6, 6.07) is 1.83. The first-order valence-electron chi connectivity index (χ1n) is 6.17. The summed E-state index contributed by atoms with van der Waals surface area (Å²) in [4.78, 5) is 1.45. The van der Waals surface area contributed by atoms with Crippen molar-refractivity contribution in [2.75, 3.05) is 14.1 Å². The van der Waals surface area contributed by atoms with E-state index in [9.17, 15) is 8.42 Å². The summed E-state index contributed by atoms with van der Waals surface area (Å²) in [5, 5.41) is 4.75. The van der Waals surface area contributed by atoms with Gasteiger partial charge in [-0.3, -0.25) is 0 Å². The molecular formula is C12H22N2O2S2. The minimum absolute atomic E-state index is 0.0719. The molecule has 1 aromatic rings. The number of hydrogen-bond donors (Lipinski definition) is 1. The van der Waals surface area contributed by atoms with Crippen LogP contribution in [0.3, 0.4) is 0 Å². The second-order valence-corrected chi connectivity index (χ2v) is 7.26. The zero-order valence-electron chi connectivity index (χ0n) is 11.4. The zero-order chi connectivity index (χ0) is 13.8. The number of nitrogens with one attached hydrogen (secondary N) is 1. The molecule has 6 heteroatoms. The van der Waals surface area contributed by atoms with E-state index in [0.29, 0.717) is 11.4 Å². The molecule has 104 valence electrons. The van der Waals surface area contributed by atoms with E-state index in [4.69, 9.17) is 0 Å². The topological polar surface area (TPSA) is 49.4 Å². The van der Waals surface area contributed by atoms with Gasteiger partial charge in [0, 0.05) is 29.9 Å². The van der Waals surface area contributed by atoms with Crippen LogP contribution in [-0.2, 0) is 16.6 Å². The average Bonchev–Trinajstić information content (AvgIpc) is 2.80. The Labute approximate surface area is 114 Å². The first-order valence-corrected chi connectivity index (χ1v) is 8.49. The van der Waals surface area contributed by atoms with Gasteiger partial charge in [0.05, 0.1) is 4.90 Å². The standard InChI is InChI=1S/C12H22N2O2S2/c1-5-10(6-2)14(4)18(15,16)12-7-11(8-13-3)17-9-12/h7,9-10,13H,5-6,8H2,1-4H3. The second kappa shape index (κ2) is 6.65. The maximum absolute atomic E-state index is 12.4. The van der Waals surface area contributed by atoms with E-state index in [-0.39, 0.29) is 6.04 Å². The summed E-state index contributed by atoms with van der Waals surface area (Å²) >= 11 is 1.48. The van der Waals surface area contributed by atoms with Crippen LogP contribution < -0.4 is 5.32 Å². The lowest BCUT2D eigenvalue weighted by molar-refractivity contribution is 0.350. The van der Waals surface area contributed by atoms with E-state index >= 15 is 0 Å². The number of thiophene rings is 1. The van der Waals surface area contributed by atoms with Gasteiger partial charge >= 0.3 is 0 Å². The van der Waals surface area contributed by atoms with Crippen molar-refractivity contribution in [3.8, 4) is 0 Å². The highest BCUT2D eigenvalue weighted by Gasteiger charge is 2.26. The van der Waals surface area contributed by atoms with Crippen molar-refractivity contribution in [1.82, 2.24) is 9.62 Å². The van der Waals surface area contributed by atoms with E-state index in [0.717, 1.165) is 17.7 Å². The lowest BCUT2D eigenvalue weighted by Crippen LogP contribution is -2.36. The maximum Gasteiger partial charge on any atom is 0.243 e. The molecule has 0 aliphatic rings. The molecule has 0 aliphatic heterocycles. The van der Waals surface area contributed by atoms with Crippen molar-refractivity contribution < 1.29 is 8.42 Å². The third kappa shape index (κ3) is 3.32. The Balaban J connectivity index is 2.97. The molecule has 0 unspecified atom stereocenters. The quantitative estimate of drug-likeness (QED) is 0.838. The van der Waals surface area contributed by atoms with Gasteiger partial charge in [0.15, 0.2) is 0 Å². The lowest BCUT2D eigenvalue weighted by Gasteiger charge is -2.24. The smallest absolute Gasteiger partial charge is 0.243 e. The molecule has 0 bridgehead atoms. The van der Waals surface area contributed by atoms with Crippen LogP contribution in [-0.4, -0.2) is 32.9 Å². The van der Waals surface area contributed by atoms with E-state index < -0.39 is 10.0 Å². The maximum atomic E-state index is 12.4. The van der Waals surface area contributed by atoms with Crippen LogP contribution in [0.1, 0.15) is 31.6 Å². The number of sulfonamides is 1. The summed E-state index contributed by atoms with van der Waals surface area (Å²) < 4.78 is 26.3. The van der Waals surface area contributed by atoms with Gasteiger partial charge in [-0.1, -0.05) is 13.8 Å². The third-order valence-corrected chi connectivity index (χ3v) is 6.09. The molecule has 0 aliphatic carbocycles. The molecule has 0 spiro atoms. The number of nitrogens with zero attached hydrogens (tertiary/aromatic N) is 1. The van der Waals surface area contributed by atoms with Gasteiger partial charge in [-0.25, -0.2) is 8.42 Å². The van der Waals surface area contributed by atoms with E-state index in [1.165, 1.54) is 15.6 Å². The van der Waals surface area contributed by atoms with Crippen molar-refractivity contribution in [2.45, 2.75) is 44.2 Å². The molecule has 1 rings (SSSR count). The Morgan fingerprint density at radius 1 is 1.39 bits per heavy atom. The van der Waals surface area contributed by atoms with Crippen molar-refractivity contribution in [3.05, 3.63) is 16.3 Å². The lowest BCUT2D eigenvalue weighted by atomic mass is 10.2. The minimum atomic E-state index is -3.34. The Morgan fingerprint density at radius 2 is 2.00 bits per heavy atom. The predicted molar refractivity (Wildman–Crippen MR) is 76.4 cm³/mol. The summed E-state index contributed by atoms with van der Waals surface area (Å²) in [7, 11) is 0.177. The summed E-state index contributed by atoms with van der Waals surface area (Å²) in [5.41, 5.74) is 0. The summed E-state index contributed by atoms with van der Waals surface area (Å²) in [5.74, 6) is 0. The van der Waals surface area contributed by atoms with Crippen molar-refractivity contribution in [1.29, 1.82) is 0 Å². The summed E-state index contributed by atoms with van der Waals surface area (Å²) in [6.07, 6.45) is 1.67. The molecule has 1 N–H and O–H groups in total. The van der Waals surface area contributed by atoms with Gasteiger partial charge in [0.1, 0.15) is 0 Å². The Hall–Kier alpha value is -0.430. The molecule has 4 nitrogen and oxygen atoms in total. The fraction of sp³-hybridized carbons (Fsp3) is 0.667. The Bertz CT molecular complexity index is 464. The monoisotopic (exact) mass is 290 g/mol. The van der Waals surface area contributed by atoms with Crippen LogP contribution in [0.15, 0.2) is 16.3 Å². The molecule has 0 saturated carbocycles. The Kier molecular flexibility index (Phi) is 5.78.